The maximum atomic E-state index is 13.0. The maximum Gasteiger partial charge on any atom is 0.200 e. The minimum Gasteiger partial charge on any atom is -0.439 e. The molecule has 1 heterocycles. The molecule has 5 nitrogen and oxygen atoms in total. The van der Waals surface area contributed by atoms with Gasteiger partial charge in [-0.05, 0) is 31.9 Å². The molecule has 0 N–H and O–H groups in total. The lowest BCUT2D eigenvalue weighted by molar-refractivity contribution is 0.0122. The molecule has 2 aromatic rings. The van der Waals surface area contributed by atoms with Crippen molar-refractivity contribution in [3.8, 4) is 0 Å². The first kappa shape index (κ1) is 17.7. The SMILES string of the molecule is CCO[C@H]1C[C@@H](S(=O)(=O)c2c(Cl)ccc3nc(C(C)(C)C)oc23)C1. The Labute approximate surface area is 147 Å². The van der Waals surface area contributed by atoms with E-state index in [-0.39, 0.29) is 27.0 Å². The summed E-state index contributed by atoms with van der Waals surface area (Å²) >= 11 is 6.24. The van der Waals surface area contributed by atoms with E-state index in [9.17, 15) is 8.42 Å². The molecule has 0 saturated heterocycles. The van der Waals surface area contributed by atoms with Gasteiger partial charge in [-0.3, -0.25) is 0 Å². The van der Waals surface area contributed by atoms with Crippen LogP contribution in [-0.2, 0) is 20.0 Å². The Morgan fingerprint density at radius 3 is 2.58 bits per heavy atom. The third-order valence-electron chi connectivity index (χ3n) is 4.28. The molecule has 0 bridgehead atoms. The summed E-state index contributed by atoms with van der Waals surface area (Å²) in [5, 5.41) is -0.306. The second kappa shape index (κ2) is 6.00. The Kier molecular flexibility index (Phi) is 4.43. The Morgan fingerprint density at radius 1 is 1.33 bits per heavy atom. The molecule has 0 aliphatic heterocycles. The molecule has 24 heavy (non-hydrogen) atoms. The van der Waals surface area contributed by atoms with Gasteiger partial charge in [0.1, 0.15) is 10.4 Å². The molecule has 1 saturated carbocycles. The highest BCUT2D eigenvalue weighted by Crippen LogP contribution is 2.40. The molecule has 0 unspecified atom stereocenters. The van der Waals surface area contributed by atoms with Crippen LogP contribution in [0, 0.1) is 0 Å². The van der Waals surface area contributed by atoms with Gasteiger partial charge in [-0.2, -0.15) is 0 Å². The van der Waals surface area contributed by atoms with Crippen LogP contribution in [0.25, 0.3) is 11.1 Å². The molecule has 0 spiro atoms. The van der Waals surface area contributed by atoms with Crippen LogP contribution in [0.5, 0.6) is 0 Å². The van der Waals surface area contributed by atoms with Gasteiger partial charge in [0.05, 0.1) is 16.4 Å². The van der Waals surface area contributed by atoms with Crippen molar-refractivity contribution < 1.29 is 17.6 Å². The number of ether oxygens (including phenoxy) is 1. The van der Waals surface area contributed by atoms with Crippen LogP contribution < -0.4 is 0 Å². The smallest absolute Gasteiger partial charge is 0.200 e. The van der Waals surface area contributed by atoms with Crippen molar-refractivity contribution in [1.82, 2.24) is 4.98 Å². The van der Waals surface area contributed by atoms with Crippen molar-refractivity contribution in [2.75, 3.05) is 6.61 Å². The third kappa shape index (κ3) is 2.95. The number of halogens is 1. The molecular weight excluding hydrogens is 350 g/mol. The van der Waals surface area contributed by atoms with E-state index in [1.165, 1.54) is 0 Å². The number of hydrogen-bond donors (Lipinski definition) is 0. The minimum atomic E-state index is -3.59. The van der Waals surface area contributed by atoms with Crippen molar-refractivity contribution in [1.29, 1.82) is 0 Å². The number of sulfone groups is 1. The average Bonchev–Trinajstić information content (AvgIpc) is 2.85. The molecule has 0 atom stereocenters. The van der Waals surface area contributed by atoms with Gasteiger partial charge < -0.3 is 9.15 Å². The van der Waals surface area contributed by atoms with Crippen LogP contribution in [0.3, 0.4) is 0 Å². The summed E-state index contributed by atoms with van der Waals surface area (Å²) in [5.74, 6) is 0.497. The highest BCUT2D eigenvalue weighted by molar-refractivity contribution is 7.92. The second-order valence-electron chi connectivity index (χ2n) is 7.21. The molecule has 1 aromatic heterocycles. The van der Waals surface area contributed by atoms with Gasteiger partial charge in [-0.25, -0.2) is 13.4 Å². The fourth-order valence-corrected chi connectivity index (χ4v) is 5.32. The number of nitrogens with zero attached hydrogens (tertiary/aromatic N) is 1. The lowest BCUT2D eigenvalue weighted by Gasteiger charge is -2.34. The van der Waals surface area contributed by atoms with Crippen molar-refractivity contribution in [2.24, 2.45) is 0 Å². The molecule has 132 valence electrons. The number of benzene rings is 1. The van der Waals surface area contributed by atoms with Crippen LogP contribution in [0.1, 0.15) is 46.4 Å². The van der Waals surface area contributed by atoms with Crippen LogP contribution in [0.2, 0.25) is 5.02 Å². The third-order valence-corrected chi connectivity index (χ3v) is 6.95. The van der Waals surface area contributed by atoms with E-state index >= 15 is 0 Å². The van der Waals surface area contributed by atoms with E-state index in [0.29, 0.717) is 30.9 Å². The summed E-state index contributed by atoms with van der Waals surface area (Å²) < 4.78 is 37.4. The Bertz CT molecular complexity index is 861. The Balaban J connectivity index is 2.05. The van der Waals surface area contributed by atoms with Gasteiger partial charge in [-0.1, -0.05) is 32.4 Å². The summed E-state index contributed by atoms with van der Waals surface area (Å²) in [7, 11) is -3.59. The number of hydrogen-bond acceptors (Lipinski definition) is 5. The van der Waals surface area contributed by atoms with Crippen LogP contribution in [-0.4, -0.2) is 31.4 Å². The summed E-state index contributed by atoms with van der Waals surface area (Å²) in [6.07, 6.45) is 0.986. The van der Waals surface area contributed by atoms with Gasteiger partial charge in [-0.15, -0.1) is 0 Å². The van der Waals surface area contributed by atoms with E-state index in [1.807, 2.05) is 27.7 Å². The van der Waals surface area contributed by atoms with E-state index < -0.39 is 15.1 Å². The number of oxazole rings is 1. The predicted octanol–water partition coefficient (Wildman–Crippen LogP) is 4.12. The van der Waals surface area contributed by atoms with E-state index in [2.05, 4.69) is 4.98 Å². The minimum absolute atomic E-state index is 0.00705. The van der Waals surface area contributed by atoms with Crippen molar-refractivity contribution in [3.63, 3.8) is 0 Å². The molecular formula is C17H22ClNO4S. The summed E-state index contributed by atoms with van der Waals surface area (Å²) in [6, 6.07) is 3.27. The quantitative estimate of drug-likeness (QED) is 0.808. The topological polar surface area (TPSA) is 69.4 Å². The van der Waals surface area contributed by atoms with E-state index in [0.717, 1.165) is 0 Å². The van der Waals surface area contributed by atoms with Gasteiger partial charge in [0.25, 0.3) is 0 Å². The fraction of sp³-hybridized carbons (Fsp3) is 0.588. The monoisotopic (exact) mass is 371 g/mol. The lowest BCUT2D eigenvalue weighted by Crippen LogP contribution is -2.41. The summed E-state index contributed by atoms with van der Waals surface area (Å²) in [4.78, 5) is 4.49. The highest BCUT2D eigenvalue weighted by Gasteiger charge is 2.42. The van der Waals surface area contributed by atoms with Crippen LogP contribution in [0.15, 0.2) is 21.4 Å². The average molecular weight is 372 g/mol. The normalized spacial score (nSPS) is 21.9. The van der Waals surface area contributed by atoms with Crippen molar-refractivity contribution in [3.05, 3.63) is 23.0 Å². The molecule has 1 aliphatic rings. The summed E-state index contributed by atoms with van der Waals surface area (Å²) in [6.45, 7) is 8.39. The largest absolute Gasteiger partial charge is 0.439 e. The first-order valence-corrected chi connectivity index (χ1v) is 10.0. The van der Waals surface area contributed by atoms with Gasteiger partial charge in [0.2, 0.25) is 5.89 Å². The van der Waals surface area contributed by atoms with Gasteiger partial charge in [0.15, 0.2) is 15.4 Å². The van der Waals surface area contributed by atoms with Crippen molar-refractivity contribution in [2.45, 2.75) is 62.2 Å². The zero-order valence-electron chi connectivity index (χ0n) is 14.3. The molecule has 1 aromatic carbocycles. The Hall–Kier alpha value is -1.11. The molecule has 1 aliphatic carbocycles. The first-order chi connectivity index (χ1) is 11.1. The molecule has 3 rings (SSSR count). The van der Waals surface area contributed by atoms with E-state index in [1.54, 1.807) is 12.1 Å². The molecule has 7 heteroatoms. The zero-order chi connectivity index (χ0) is 17.7. The van der Waals surface area contributed by atoms with Gasteiger partial charge in [0, 0.05) is 12.0 Å². The predicted molar refractivity (Wildman–Crippen MR) is 93.3 cm³/mol. The first-order valence-electron chi connectivity index (χ1n) is 8.09. The zero-order valence-corrected chi connectivity index (χ0v) is 15.9. The standard InChI is InChI=1S/C17H22ClNO4S/c1-5-22-10-8-11(9-10)24(20,21)15-12(18)6-7-13-14(15)23-16(19-13)17(2,3)4/h6-7,10-11H,5,8-9H2,1-4H3/t10-,11+. The maximum absolute atomic E-state index is 13.0. The molecule has 0 radical (unpaired) electrons. The number of fused-ring (bicyclic) bond motifs is 1. The van der Waals surface area contributed by atoms with Gasteiger partial charge >= 0.3 is 0 Å². The molecule has 1 fully saturated rings. The number of rotatable bonds is 4. The fourth-order valence-electron chi connectivity index (χ4n) is 2.84. The van der Waals surface area contributed by atoms with Crippen LogP contribution in [0.4, 0.5) is 0 Å². The summed E-state index contributed by atoms with van der Waals surface area (Å²) in [5.41, 5.74) is 0.458. The second-order valence-corrected chi connectivity index (χ2v) is 9.78. The lowest BCUT2D eigenvalue weighted by atomic mass is 9.95. The Morgan fingerprint density at radius 2 is 2.00 bits per heavy atom. The molecule has 0 amide bonds. The van der Waals surface area contributed by atoms with Crippen LogP contribution >= 0.6 is 11.6 Å². The highest BCUT2D eigenvalue weighted by atomic mass is 35.5. The van der Waals surface area contributed by atoms with E-state index in [4.69, 9.17) is 20.8 Å². The van der Waals surface area contributed by atoms with Crippen molar-refractivity contribution >= 4 is 32.5 Å². The number of aromatic nitrogens is 1.